The molecule has 1 aromatic rings. The molecule has 0 radical (unpaired) electrons. The average Bonchev–Trinajstić information content (AvgIpc) is 2.84. The summed E-state index contributed by atoms with van der Waals surface area (Å²) in [5, 5.41) is 3.81. The van der Waals surface area contributed by atoms with Gasteiger partial charge in [0.25, 0.3) is 0 Å². The molecule has 2 fully saturated rings. The minimum absolute atomic E-state index is 0.718. The summed E-state index contributed by atoms with van der Waals surface area (Å²) < 4.78 is 0. The number of nitrogens with zero attached hydrogens (tertiary/aromatic N) is 2. The Labute approximate surface area is 120 Å². The first-order valence-corrected chi connectivity index (χ1v) is 8.63. The Morgan fingerprint density at radius 1 is 1.26 bits per heavy atom. The van der Waals surface area contributed by atoms with Crippen LogP contribution in [-0.2, 0) is 6.54 Å². The summed E-state index contributed by atoms with van der Waals surface area (Å²) in [6.07, 6.45) is 10.5. The van der Waals surface area contributed by atoms with E-state index in [1.165, 1.54) is 63.0 Å². The lowest BCUT2D eigenvalue weighted by Gasteiger charge is -2.32. The van der Waals surface area contributed by atoms with Gasteiger partial charge in [-0.05, 0) is 38.3 Å². The maximum atomic E-state index is 4.20. The van der Waals surface area contributed by atoms with E-state index in [-0.39, 0.29) is 0 Å². The Balaban J connectivity index is 1.58. The summed E-state index contributed by atoms with van der Waals surface area (Å²) in [5.74, 6) is 0.913. The van der Waals surface area contributed by atoms with E-state index in [0.29, 0.717) is 0 Å². The van der Waals surface area contributed by atoms with Crippen LogP contribution < -0.4 is 5.32 Å². The van der Waals surface area contributed by atoms with Crippen molar-refractivity contribution >= 4 is 11.3 Å². The summed E-state index contributed by atoms with van der Waals surface area (Å²) in [6, 6.07) is 0.718. The summed E-state index contributed by atoms with van der Waals surface area (Å²) in [6.45, 7) is 4.74. The first kappa shape index (κ1) is 13.5. The average molecular weight is 279 g/mol. The number of rotatable bonds is 3. The highest BCUT2D eigenvalue weighted by molar-refractivity contribution is 7.09. The minimum atomic E-state index is 0.718. The highest BCUT2D eigenvalue weighted by atomic mass is 32.1. The molecule has 1 unspecified atom stereocenters. The van der Waals surface area contributed by atoms with Gasteiger partial charge in [0, 0.05) is 30.2 Å². The molecule has 1 saturated carbocycles. The molecule has 1 aromatic heterocycles. The summed E-state index contributed by atoms with van der Waals surface area (Å²) in [4.78, 5) is 8.23. The first-order valence-electron chi connectivity index (χ1n) is 7.75. The van der Waals surface area contributed by atoms with Crippen LogP contribution in [-0.4, -0.2) is 35.6 Å². The molecule has 1 N–H and O–H groups in total. The third-order valence-electron chi connectivity index (χ3n) is 4.59. The van der Waals surface area contributed by atoms with Gasteiger partial charge in [-0.2, -0.15) is 0 Å². The Bertz CT molecular complexity index is 359. The largest absolute Gasteiger partial charge is 0.312 e. The van der Waals surface area contributed by atoms with Gasteiger partial charge in [0.15, 0.2) is 0 Å². The Morgan fingerprint density at radius 3 is 2.95 bits per heavy atom. The van der Waals surface area contributed by atoms with E-state index in [4.69, 9.17) is 0 Å². The van der Waals surface area contributed by atoms with Crippen molar-refractivity contribution in [2.45, 2.75) is 51.1 Å². The van der Waals surface area contributed by atoms with Crippen molar-refractivity contribution in [3.05, 3.63) is 16.6 Å². The van der Waals surface area contributed by atoms with Crippen LogP contribution in [0.5, 0.6) is 0 Å². The second-order valence-corrected chi connectivity index (χ2v) is 6.99. The number of nitrogens with one attached hydrogen (secondary N) is 1. The highest BCUT2D eigenvalue weighted by Gasteiger charge is 2.26. The Morgan fingerprint density at radius 2 is 2.16 bits per heavy atom. The van der Waals surface area contributed by atoms with Crippen LogP contribution in [0.2, 0.25) is 0 Å². The molecule has 1 aliphatic heterocycles. The summed E-state index contributed by atoms with van der Waals surface area (Å²) in [5.41, 5.74) is 1.95. The van der Waals surface area contributed by atoms with Crippen LogP contribution in [0.4, 0.5) is 0 Å². The maximum Gasteiger partial charge on any atom is 0.0794 e. The van der Waals surface area contributed by atoms with Crippen LogP contribution in [0.3, 0.4) is 0 Å². The molecule has 3 nitrogen and oxygen atoms in total. The fraction of sp³-hybridized carbons (Fsp3) is 0.800. The lowest BCUT2D eigenvalue weighted by molar-refractivity contribution is 0.202. The van der Waals surface area contributed by atoms with Crippen molar-refractivity contribution in [3.63, 3.8) is 0 Å². The summed E-state index contributed by atoms with van der Waals surface area (Å²) >= 11 is 1.79. The van der Waals surface area contributed by atoms with E-state index >= 15 is 0 Å². The van der Waals surface area contributed by atoms with E-state index in [1.807, 2.05) is 11.7 Å². The zero-order valence-electron chi connectivity index (χ0n) is 11.7. The van der Waals surface area contributed by atoms with E-state index in [2.05, 4.69) is 15.2 Å². The van der Waals surface area contributed by atoms with Crippen molar-refractivity contribution in [2.24, 2.45) is 5.92 Å². The summed E-state index contributed by atoms with van der Waals surface area (Å²) in [7, 11) is 0. The molecular weight excluding hydrogens is 254 g/mol. The number of aromatic nitrogens is 1. The van der Waals surface area contributed by atoms with Gasteiger partial charge < -0.3 is 5.32 Å². The molecule has 2 aliphatic rings. The highest BCUT2D eigenvalue weighted by Crippen LogP contribution is 2.28. The molecule has 106 valence electrons. The second-order valence-electron chi connectivity index (χ2n) is 6.02. The van der Waals surface area contributed by atoms with Gasteiger partial charge in [0.05, 0.1) is 5.51 Å². The van der Waals surface area contributed by atoms with E-state index in [9.17, 15) is 0 Å². The Kier molecular flexibility index (Phi) is 4.86. The molecule has 0 aromatic carbocycles. The predicted molar refractivity (Wildman–Crippen MR) is 80.4 cm³/mol. The smallest absolute Gasteiger partial charge is 0.0794 e. The van der Waals surface area contributed by atoms with Crippen LogP contribution in [0, 0.1) is 5.92 Å². The van der Waals surface area contributed by atoms with Crippen molar-refractivity contribution < 1.29 is 0 Å². The quantitative estimate of drug-likeness (QED) is 0.922. The molecule has 19 heavy (non-hydrogen) atoms. The Hall–Kier alpha value is -0.450. The topological polar surface area (TPSA) is 28.2 Å². The van der Waals surface area contributed by atoms with Gasteiger partial charge in [-0.3, -0.25) is 9.88 Å². The normalized spacial score (nSPS) is 27.3. The van der Waals surface area contributed by atoms with Gasteiger partial charge in [0.2, 0.25) is 0 Å². The number of hydrogen-bond donors (Lipinski definition) is 1. The lowest BCUT2D eigenvalue weighted by Crippen LogP contribution is -2.43. The first-order chi connectivity index (χ1) is 9.42. The molecule has 1 aliphatic carbocycles. The number of thiazole rings is 1. The van der Waals surface area contributed by atoms with Crippen LogP contribution in [0.1, 0.15) is 43.4 Å². The van der Waals surface area contributed by atoms with Crippen LogP contribution in [0.15, 0.2) is 11.7 Å². The van der Waals surface area contributed by atoms with Gasteiger partial charge >= 0.3 is 0 Å². The number of hydrogen-bond acceptors (Lipinski definition) is 4. The molecule has 4 heteroatoms. The third kappa shape index (κ3) is 3.77. The van der Waals surface area contributed by atoms with Crippen LogP contribution in [0.25, 0.3) is 0 Å². The predicted octanol–water partition coefficient (Wildman–Crippen LogP) is 2.89. The second kappa shape index (κ2) is 6.82. The van der Waals surface area contributed by atoms with E-state index in [1.54, 1.807) is 11.3 Å². The molecule has 3 rings (SSSR count). The zero-order valence-corrected chi connectivity index (χ0v) is 12.5. The van der Waals surface area contributed by atoms with Gasteiger partial charge in [-0.1, -0.05) is 19.3 Å². The fourth-order valence-corrected chi connectivity index (χ4v) is 4.20. The van der Waals surface area contributed by atoms with Crippen molar-refractivity contribution in [1.82, 2.24) is 15.2 Å². The van der Waals surface area contributed by atoms with Gasteiger partial charge in [0.1, 0.15) is 0 Å². The molecule has 0 bridgehead atoms. The lowest BCUT2D eigenvalue weighted by atomic mass is 9.83. The maximum absolute atomic E-state index is 4.20. The molecule has 0 amide bonds. The fourth-order valence-electron chi connectivity index (χ4n) is 3.56. The van der Waals surface area contributed by atoms with E-state index in [0.717, 1.165) is 18.5 Å². The molecule has 2 heterocycles. The van der Waals surface area contributed by atoms with Crippen molar-refractivity contribution in [3.8, 4) is 0 Å². The zero-order chi connectivity index (χ0) is 12.9. The molecular formula is C15H25N3S. The molecule has 0 spiro atoms. The SMILES string of the molecule is c1ncc(CN2CCCNC(C3CCCCC3)C2)s1. The van der Waals surface area contributed by atoms with Gasteiger partial charge in [-0.15, -0.1) is 11.3 Å². The van der Waals surface area contributed by atoms with Crippen LogP contribution >= 0.6 is 11.3 Å². The minimum Gasteiger partial charge on any atom is -0.312 e. The van der Waals surface area contributed by atoms with Crippen molar-refractivity contribution in [1.29, 1.82) is 0 Å². The third-order valence-corrected chi connectivity index (χ3v) is 5.36. The monoisotopic (exact) mass is 279 g/mol. The van der Waals surface area contributed by atoms with Gasteiger partial charge in [-0.25, -0.2) is 0 Å². The van der Waals surface area contributed by atoms with Crippen molar-refractivity contribution in [2.75, 3.05) is 19.6 Å². The molecule has 1 atom stereocenters. The standard InChI is InChI=1S/C15H25N3S/c1-2-5-13(6-3-1)15-11-18(8-4-7-17-15)10-14-9-16-12-19-14/h9,12-13,15,17H,1-8,10-11H2. The molecule has 1 saturated heterocycles. The van der Waals surface area contributed by atoms with E-state index < -0.39 is 0 Å².